The first-order valence-corrected chi connectivity index (χ1v) is 6.34. The van der Waals surface area contributed by atoms with Gasteiger partial charge in [0.2, 0.25) is 5.58 Å². The second kappa shape index (κ2) is 4.44. The lowest BCUT2D eigenvalue weighted by molar-refractivity contribution is 0.349. The zero-order valence-electron chi connectivity index (χ0n) is 10.3. The van der Waals surface area contributed by atoms with Gasteiger partial charge in [-0.15, -0.1) is 0 Å². The summed E-state index contributed by atoms with van der Waals surface area (Å²) in [5, 5.41) is 3.38. The number of H-pyrrole nitrogens is 1. The molecule has 2 atom stereocenters. The summed E-state index contributed by atoms with van der Waals surface area (Å²) in [6.07, 6.45) is 6.30. The molecule has 6 nitrogen and oxygen atoms in total. The number of anilines is 1. The van der Waals surface area contributed by atoms with Gasteiger partial charge in [-0.2, -0.15) is 0 Å². The van der Waals surface area contributed by atoms with Crippen LogP contribution in [0.3, 0.4) is 0 Å². The molecule has 1 aliphatic carbocycles. The van der Waals surface area contributed by atoms with Crippen molar-refractivity contribution in [2.45, 2.75) is 38.6 Å². The average molecular weight is 248 g/mol. The van der Waals surface area contributed by atoms with Crippen LogP contribution in [0.1, 0.15) is 32.6 Å². The quantitative estimate of drug-likeness (QED) is 0.848. The second-order valence-corrected chi connectivity index (χ2v) is 4.93. The maximum atomic E-state index is 11.2. The van der Waals surface area contributed by atoms with Crippen molar-refractivity contribution in [2.75, 3.05) is 5.32 Å². The van der Waals surface area contributed by atoms with Gasteiger partial charge in [0.1, 0.15) is 6.33 Å². The average Bonchev–Trinajstić information content (AvgIpc) is 2.73. The molecule has 1 aliphatic rings. The molecule has 2 aromatic heterocycles. The fourth-order valence-electron chi connectivity index (χ4n) is 2.58. The number of hydrogen-bond donors (Lipinski definition) is 2. The van der Waals surface area contributed by atoms with E-state index in [1.165, 1.54) is 25.6 Å². The lowest BCUT2D eigenvalue weighted by Gasteiger charge is -2.29. The van der Waals surface area contributed by atoms with E-state index >= 15 is 0 Å². The van der Waals surface area contributed by atoms with Gasteiger partial charge in [0.15, 0.2) is 11.5 Å². The van der Waals surface area contributed by atoms with Crippen LogP contribution in [-0.4, -0.2) is 21.0 Å². The third kappa shape index (κ3) is 1.98. The van der Waals surface area contributed by atoms with Gasteiger partial charge < -0.3 is 9.73 Å². The van der Waals surface area contributed by atoms with Crippen LogP contribution in [0.2, 0.25) is 0 Å². The Morgan fingerprint density at radius 2 is 2.22 bits per heavy atom. The molecule has 0 saturated heterocycles. The van der Waals surface area contributed by atoms with Crippen LogP contribution in [-0.2, 0) is 0 Å². The lowest BCUT2D eigenvalue weighted by Crippen LogP contribution is -2.30. The molecule has 0 spiro atoms. The zero-order valence-corrected chi connectivity index (χ0v) is 10.3. The van der Waals surface area contributed by atoms with E-state index in [1.54, 1.807) is 0 Å². The molecule has 3 rings (SSSR count). The Kier molecular flexibility index (Phi) is 2.77. The molecule has 0 radical (unpaired) electrons. The first-order chi connectivity index (χ1) is 8.74. The fraction of sp³-hybridized carbons (Fsp3) is 0.583. The predicted octanol–water partition coefficient (Wildman–Crippen LogP) is 1.90. The molecular formula is C12H16N4O2. The standard InChI is InChI=1S/C12H16N4O2/c1-7-4-2-3-5-8(7)15-10-9-11(14-6-13-10)16-12(17)18-9/h6-8H,2-5H2,1H3,(H2,13,14,15,16,17). The van der Waals surface area contributed by atoms with E-state index in [0.717, 1.165) is 6.42 Å². The Hall–Kier alpha value is -1.85. The molecule has 2 heterocycles. The highest BCUT2D eigenvalue weighted by Crippen LogP contribution is 2.27. The zero-order chi connectivity index (χ0) is 12.5. The Bertz CT molecular complexity index is 603. The minimum absolute atomic E-state index is 0.386. The lowest BCUT2D eigenvalue weighted by atomic mass is 9.86. The molecule has 2 unspecified atom stereocenters. The number of nitrogens with zero attached hydrogens (tertiary/aromatic N) is 2. The molecule has 18 heavy (non-hydrogen) atoms. The van der Waals surface area contributed by atoms with Gasteiger partial charge in [-0.1, -0.05) is 19.8 Å². The summed E-state index contributed by atoms with van der Waals surface area (Å²) in [6, 6.07) is 0.386. The van der Waals surface area contributed by atoms with Crippen molar-refractivity contribution >= 4 is 17.0 Å². The number of hydrogen-bond acceptors (Lipinski definition) is 5. The molecule has 1 saturated carbocycles. The van der Waals surface area contributed by atoms with Gasteiger partial charge >= 0.3 is 5.76 Å². The molecule has 0 amide bonds. The fourth-order valence-corrected chi connectivity index (χ4v) is 2.58. The molecule has 0 aliphatic heterocycles. The number of aromatic amines is 1. The van der Waals surface area contributed by atoms with Gasteiger partial charge in [0.05, 0.1) is 0 Å². The third-order valence-electron chi connectivity index (χ3n) is 3.65. The van der Waals surface area contributed by atoms with Crippen LogP contribution in [0.4, 0.5) is 5.82 Å². The summed E-state index contributed by atoms with van der Waals surface area (Å²) >= 11 is 0. The van der Waals surface area contributed by atoms with Crippen molar-refractivity contribution in [3.05, 3.63) is 16.9 Å². The molecule has 0 bridgehead atoms. The van der Waals surface area contributed by atoms with Crippen LogP contribution >= 0.6 is 0 Å². The number of aromatic nitrogens is 3. The number of rotatable bonds is 2. The highest BCUT2D eigenvalue weighted by molar-refractivity contribution is 5.79. The van der Waals surface area contributed by atoms with E-state index in [2.05, 4.69) is 27.2 Å². The summed E-state index contributed by atoms with van der Waals surface area (Å²) in [5.41, 5.74) is 0.862. The van der Waals surface area contributed by atoms with E-state index in [9.17, 15) is 4.79 Å². The predicted molar refractivity (Wildman–Crippen MR) is 67.5 cm³/mol. The SMILES string of the molecule is CC1CCCCC1Nc1ncnc2[nH]c(=O)oc12. The van der Waals surface area contributed by atoms with Crippen LogP contribution in [0, 0.1) is 5.92 Å². The maximum absolute atomic E-state index is 11.2. The third-order valence-corrected chi connectivity index (χ3v) is 3.65. The van der Waals surface area contributed by atoms with Crippen molar-refractivity contribution in [2.24, 2.45) is 5.92 Å². The Morgan fingerprint density at radius 1 is 1.39 bits per heavy atom. The van der Waals surface area contributed by atoms with E-state index in [1.807, 2.05) is 0 Å². The Labute approximate surface area is 104 Å². The molecule has 6 heteroatoms. The van der Waals surface area contributed by atoms with Gasteiger partial charge in [-0.05, 0) is 18.8 Å². The molecule has 1 fully saturated rings. The highest BCUT2D eigenvalue weighted by atomic mass is 16.4. The van der Waals surface area contributed by atoms with E-state index < -0.39 is 5.76 Å². The van der Waals surface area contributed by atoms with Gasteiger partial charge in [0, 0.05) is 6.04 Å². The summed E-state index contributed by atoms with van der Waals surface area (Å²) in [5.74, 6) is 0.719. The number of fused-ring (bicyclic) bond motifs is 1. The van der Waals surface area contributed by atoms with Crippen LogP contribution < -0.4 is 11.1 Å². The van der Waals surface area contributed by atoms with E-state index in [0.29, 0.717) is 29.0 Å². The molecule has 2 aromatic rings. The molecule has 96 valence electrons. The van der Waals surface area contributed by atoms with Crippen LogP contribution in [0.25, 0.3) is 11.2 Å². The molecule has 2 N–H and O–H groups in total. The van der Waals surface area contributed by atoms with Crippen molar-refractivity contribution in [1.29, 1.82) is 0 Å². The summed E-state index contributed by atoms with van der Waals surface area (Å²) in [4.78, 5) is 21.9. The largest absolute Gasteiger partial charge is 0.418 e. The van der Waals surface area contributed by atoms with E-state index in [4.69, 9.17) is 4.42 Å². The van der Waals surface area contributed by atoms with Gasteiger partial charge in [-0.3, -0.25) is 4.98 Å². The number of nitrogens with one attached hydrogen (secondary N) is 2. The van der Waals surface area contributed by atoms with Crippen molar-refractivity contribution in [1.82, 2.24) is 15.0 Å². The summed E-state index contributed by atoms with van der Waals surface area (Å²) < 4.78 is 5.08. The smallest absolute Gasteiger partial charge is 0.402 e. The Balaban J connectivity index is 1.92. The summed E-state index contributed by atoms with van der Waals surface area (Å²) in [7, 11) is 0. The first kappa shape index (κ1) is 11.3. The first-order valence-electron chi connectivity index (χ1n) is 6.34. The van der Waals surface area contributed by atoms with Crippen molar-refractivity contribution in [3.63, 3.8) is 0 Å². The van der Waals surface area contributed by atoms with Gasteiger partial charge in [-0.25, -0.2) is 14.8 Å². The topological polar surface area (TPSA) is 83.8 Å². The maximum Gasteiger partial charge on any atom is 0.418 e. The second-order valence-electron chi connectivity index (χ2n) is 4.93. The van der Waals surface area contributed by atoms with Crippen molar-refractivity contribution < 1.29 is 4.42 Å². The van der Waals surface area contributed by atoms with E-state index in [-0.39, 0.29) is 0 Å². The van der Waals surface area contributed by atoms with Crippen LogP contribution in [0.5, 0.6) is 0 Å². The van der Waals surface area contributed by atoms with Gasteiger partial charge in [0.25, 0.3) is 0 Å². The van der Waals surface area contributed by atoms with Crippen molar-refractivity contribution in [3.8, 4) is 0 Å². The highest BCUT2D eigenvalue weighted by Gasteiger charge is 2.22. The minimum Gasteiger partial charge on any atom is -0.402 e. The summed E-state index contributed by atoms with van der Waals surface area (Å²) in [6.45, 7) is 2.24. The van der Waals surface area contributed by atoms with Crippen LogP contribution in [0.15, 0.2) is 15.5 Å². The number of oxazole rings is 1. The minimum atomic E-state index is -0.495. The normalized spacial score (nSPS) is 24.3. The molecular weight excluding hydrogens is 232 g/mol. The molecule has 0 aromatic carbocycles. The Morgan fingerprint density at radius 3 is 3.06 bits per heavy atom. The monoisotopic (exact) mass is 248 g/mol.